The van der Waals surface area contributed by atoms with E-state index in [0.717, 1.165) is 10.8 Å². The Morgan fingerprint density at radius 2 is 1.90 bits per heavy atom. The second-order valence-electron chi connectivity index (χ2n) is 4.56. The minimum atomic E-state index is -0.472. The molecule has 0 aliphatic rings. The Hall–Kier alpha value is -2.69. The van der Waals surface area contributed by atoms with E-state index in [-0.39, 0.29) is 12.3 Å². The van der Waals surface area contributed by atoms with E-state index in [0.29, 0.717) is 11.1 Å². The van der Waals surface area contributed by atoms with Crippen LogP contribution in [0, 0.1) is 10.1 Å². The predicted molar refractivity (Wildman–Crippen MR) is 80.9 cm³/mol. The number of carbonyl (C=O) groups excluding carboxylic acids is 1. The number of nitro benzene ring substituents is 1. The van der Waals surface area contributed by atoms with Gasteiger partial charge in [0.25, 0.3) is 5.69 Å². The van der Waals surface area contributed by atoms with Crippen LogP contribution in [-0.2, 0) is 9.53 Å². The summed E-state index contributed by atoms with van der Waals surface area (Å²) >= 11 is 0. The van der Waals surface area contributed by atoms with Crippen LogP contribution in [0.15, 0.2) is 42.0 Å². The van der Waals surface area contributed by atoms with Gasteiger partial charge in [-0.3, -0.25) is 10.1 Å². The minimum absolute atomic E-state index is 0.0302. The van der Waals surface area contributed by atoms with Gasteiger partial charge in [-0.2, -0.15) is 0 Å². The number of esters is 1. The maximum Gasteiger partial charge on any atom is 0.333 e. The van der Waals surface area contributed by atoms with Crippen molar-refractivity contribution in [1.29, 1.82) is 0 Å². The lowest BCUT2D eigenvalue weighted by Crippen LogP contribution is -2.05. The molecule has 108 valence electrons. The number of ether oxygens (including phenoxy) is 1. The van der Waals surface area contributed by atoms with Crippen LogP contribution in [0.1, 0.15) is 19.4 Å². The fraction of sp³-hybridized carbons (Fsp3) is 0.188. The molecule has 2 rings (SSSR count). The molecule has 21 heavy (non-hydrogen) atoms. The standard InChI is InChI=1S/C16H15NO4/c1-3-21-16(18)11(2)8-14-9-12-6-4-5-7-13(12)10-15(14)17(19)20/h4-10H,3H2,1-2H3. The van der Waals surface area contributed by atoms with Crippen LogP contribution >= 0.6 is 0 Å². The maximum atomic E-state index is 11.6. The lowest BCUT2D eigenvalue weighted by atomic mass is 10.0. The summed E-state index contributed by atoms with van der Waals surface area (Å²) in [6.07, 6.45) is 1.49. The molecule has 0 bridgehead atoms. The van der Waals surface area contributed by atoms with E-state index in [2.05, 4.69) is 0 Å². The van der Waals surface area contributed by atoms with Crippen molar-refractivity contribution in [1.82, 2.24) is 0 Å². The second-order valence-corrected chi connectivity index (χ2v) is 4.56. The lowest BCUT2D eigenvalue weighted by molar-refractivity contribution is -0.384. The molecule has 0 saturated carbocycles. The van der Waals surface area contributed by atoms with Crippen LogP contribution in [0.2, 0.25) is 0 Å². The van der Waals surface area contributed by atoms with E-state index in [4.69, 9.17) is 4.74 Å². The minimum Gasteiger partial charge on any atom is -0.463 e. The molecule has 5 nitrogen and oxygen atoms in total. The Morgan fingerprint density at radius 1 is 1.29 bits per heavy atom. The van der Waals surface area contributed by atoms with Gasteiger partial charge in [0.2, 0.25) is 0 Å². The highest BCUT2D eigenvalue weighted by atomic mass is 16.6. The average molecular weight is 285 g/mol. The van der Waals surface area contributed by atoms with Crippen molar-refractivity contribution in [3.63, 3.8) is 0 Å². The summed E-state index contributed by atoms with van der Waals surface area (Å²) < 4.78 is 4.89. The largest absolute Gasteiger partial charge is 0.463 e. The fourth-order valence-electron chi connectivity index (χ4n) is 2.06. The maximum absolute atomic E-state index is 11.6. The van der Waals surface area contributed by atoms with Crippen molar-refractivity contribution in [3.8, 4) is 0 Å². The van der Waals surface area contributed by atoms with Gasteiger partial charge in [0.05, 0.1) is 17.1 Å². The molecular weight excluding hydrogens is 270 g/mol. The summed E-state index contributed by atoms with van der Waals surface area (Å²) in [6.45, 7) is 3.56. The average Bonchev–Trinajstić information content (AvgIpc) is 2.46. The van der Waals surface area contributed by atoms with Crippen molar-refractivity contribution in [2.75, 3.05) is 6.61 Å². The summed E-state index contributed by atoms with van der Waals surface area (Å²) in [7, 11) is 0. The van der Waals surface area contributed by atoms with E-state index >= 15 is 0 Å². The SMILES string of the molecule is CCOC(=O)C(C)=Cc1cc2ccccc2cc1[N+](=O)[O-]. The first kappa shape index (κ1) is 14.7. The molecule has 0 aliphatic carbocycles. The van der Waals surface area contributed by atoms with E-state index < -0.39 is 10.9 Å². The third-order valence-corrected chi connectivity index (χ3v) is 3.06. The lowest BCUT2D eigenvalue weighted by Gasteiger charge is -2.04. The first-order valence-electron chi connectivity index (χ1n) is 6.55. The van der Waals surface area contributed by atoms with Crippen molar-refractivity contribution in [2.45, 2.75) is 13.8 Å². The molecule has 0 radical (unpaired) electrons. The summed E-state index contributed by atoms with van der Waals surface area (Å²) in [5, 5.41) is 12.9. The summed E-state index contributed by atoms with van der Waals surface area (Å²) in [5.74, 6) is -0.472. The summed E-state index contributed by atoms with van der Waals surface area (Å²) in [6, 6.07) is 10.6. The van der Waals surface area contributed by atoms with Gasteiger partial charge in [-0.1, -0.05) is 24.3 Å². The molecule has 0 saturated heterocycles. The van der Waals surface area contributed by atoms with Crippen LogP contribution in [0.4, 0.5) is 5.69 Å². The highest BCUT2D eigenvalue weighted by molar-refractivity contribution is 5.96. The van der Waals surface area contributed by atoms with Crippen molar-refractivity contribution in [3.05, 3.63) is 57.6 Å². The first-order chi connectivity index (χ1) is 10.0. The molecule has 0 spiro atoms. The van der Waals surface area contributed by atoms with Crippen LogP contribution in [0.3, 0.4) is 0 Å². The number of nitro groups is 1. The van der Waals surface area contributed by atoms with Crippen LogP contribution in [-0.4, -0.2) is 17.5 Å². The Morgan fingerprint density at radius 3 is 2.48 bits per heavy atom. The zero-order valence-corrected chi connectivity index (χ0v) is 11.8. The number of fused-ring (bicyclic) bond motifs is 1. The number of carbonyl (C=O) groups is 1. The molecule has 2 aromatic rings. The highest BCUT2D eigenvalue weighted by Gasteiger charge is 2.15. The zero-order valence-electron chi connectivity index (χ0n) is 11.8. The van der Waals surface area contributed by atoms with Gasteiger partial charge in [0, 0.05) is 11.6 Å². The van der Waals surface area contributed by atoms with Gasteiger partial charge in [-0.15, -0.1) is 0 Å². The van der Waals surface area contributed by atoms with E-state index in [1.54, 1.807) is 19.9 Å². The highest BCUT2D eigenvalue weighted by Crippen LogP contribution is 2.27. The van der Waals surface area contributed by atoms with E-state index in [9.17, 15) is 14.9 Å². The Labute approximate surface area is 122 Å². The monoisotopic (exact) mass is 285 g/mol. The molecule has 0 aromatic heterocycles. The number of hydrogen-bond acceptors (Lipinski definition) is 4. The predicted octanol–water partition coefficient (Wildman–Crippen LogP) is 3.71. The Kier molecular flexibility index (Phi) is 4.33. The van der Waals surface area contributed by atoms with Crippen LogP contribution in [0.5, 0.6) is 0 Å². The fourth-order valence-corrected chi connectivity index (χ4v) is 2.06. The normalized spacial score (nSPS) is 11.4. The molecule has 0 atom stereocenters. The molecule has 5 heteroatoms. The van der Waals surface area contributed by atoms with Gasteiger partial charge in [0.1, 0.15) is 0 Å². The van der Waals surface area contributed by atoms with Gasteiger partial charge >= 0.3 is 5.97 Å². The van der Waals surface area contributed by atoms with Crippen LogP contribution < -0.4 is 0 Å². The quantitative estimate of drug-likeness (QED) is 0.371. The van der Waals surface area contributed by atoms with Gasteiger partial charge in [-0.05, 0) is 36.8 Å². The van der Waals surface area contributed by atoms with E-state index in [1.165, 1.54) is 12.1 Å². The zero-order chi connectivity index (χ0) is 15.4. The molecule has 0 N–H and O–H groups in total. The molecule has 2 aromatic carbocycles. The summed E-state index contributed by atoms with van der Waals surface area (Å²) in [5.41, 5.74) is 0.692. The molecule has 0 aliphatic heterocycles. The third kappa shape index (κ3) is 3.25. The summed E-state index contributed by atoms with van der Waals surface area (Å²) in [4.78, 5) is 22.4. The third-order valence-electron chi connectivity index (χ3n) is 3.06. The smallest absolute Gasteiger partial charge is 0.333 e. The Bertz CT molecular complexity index is 734. The molecule has 0 heterocycles. The number of nitrogens with zero attached hydrogens (tertiary/aromatic N) is 1. The Balaban J connectivity index is 2.56. The van der Waals surface area contributed by atoms with Crippen molar-refractivity contribution < 1.29 is 14.5 Å². The van der Waals surface area contributed by atoms with Crippen molar-refractivity contribution >= 4 is 28.5 Å². The number of rotatable bonds is 4. The number of hydrogen-bond donors (Lipinski definition) is 0. The number of benzene rings is 2. The molecular formula is C16H15NO4. The molecule has 0 amide bonds. The topological polar surface area (TPSA) is 69.4 Å². The van der Waals surface area contributed by atoms with Crippen molar-refractivity contribution in [2.24, 2.45) is 0 Å². The van der Waals surface area contributed by atoms with Crippen LogP contribution in [0.25, 0.3) is 16.8 Å². The second kappa shape index (κ2) is 6.17. The van der Waals surface area contributed by atoms with E-state index in [1.807, 2.05) is 24.3 Å². The van der Waals surface area contributed by atoms with Gasteiger partial charge in [-0.25, -0.2) is 4.79 Å². The van der Waals surface area contributed by atoms with Gasteiger partial charge < -0.3 is 4.74 Å². The molecule has 0 fully saturated rings. The first-order valence-corrected chi connectivity index (χ1v) is 6.55. The van der Waals surface area contributed by atoms with Gasteiger partial charge in [0.15, 0.2) is 0 Å². The molecule has 0 unspecified atom stereocenters.